The Hall–Kier alpha value is -0.870. The predicted octanol–water partition coefficient (Wildman–Crippen LogP) is 2.14. The van der Waals surface area contributed by atoms with Gasteiger partial charge in [0.25, 0.3) is 0 Å². The zero-order valence-corrected chi connectivity index (χ0v) is 9.88. The predicted molar refractivity (Wildman–Crippen MR) is 64.4 cm³/mol. The molecule has 0 aliphatic heterocycles. The molecular formula is C11H17NO2S. The third-order valence-corrected chi connectivity index (χ3v) is 3.29. The lowest BCUT2D eigenvalue weighted by Crippen LogP contribution is -2.07. The third-order valence-electron chi connectivity index (χ3n) is 2.09. The second-order valence-corrected chi connectivity index (χ2v) is 4.35. The normalized spacial score (nSPS) is 12.5. The van der Waals surface area contributed by atoms with Crippen LogP contribution in [0.1, 0.15) is 13.3 Å². The molecule has 3 N–H and O–H groups in total. The Kier molecular flexibility index (Phi) is 4.78. The van der Waals surface area contributed by atoms with E-state index in [0.717, 1.165) is 17.1 Å². The van der Waals surface area contributed by atoms with Crippen molar-refractivity contribution in [1.82, 2.24) is 0 Å². The average molecular weight is 227 g/mol. The highest BCUT2D eigenvalue weighted by Crippen LogP contribution is 2.31. The van der Waals surface area contributed by atoms with E-state index in [0.29, 0.717) is 11.4 Å². The Labute approximate surface area is 94.6 Å². The Bertz CT molecular complexity index is 317. The van der Waals surface area contributed by atoms with Crippen LogP contribution in [0.2, 0.25) is 0 Å². The first-order valence-corrected chi connectivity index (χ1v) is 5.90. The van der Waals surface area contributed by atoms with Gasteiger partial charge in [0.15, 0.2) is 0 Å². The topological polar surface area (TPSA) is 55.5 Å². The van der Waals surface area contributed by atoms with Crippen LogP contribution < -0.4 is 10.5 Å². The number of thioether (sulfide) groups is 1. The van der Waals surface area contributed by atoms with E-state index >= 15 is 0 Å². The zero-order valence-electron chi connectivity index (χ0n) is 9.06. The van der Waals surface area contributed by atoms with Crippen molar-refractivity contribution in [3.8, 4) is 5.75 Å². The summed E-state index contributed by atoms with van der Waals surface area (Å²) in [6.45, 7) is 1.96. The number of hydrogen-bond donors (Lipinski definition) is 2. The molecule has 0 spiro atoms. The lowest BCUT2D eigenvalue weighted by atomic mass is 10.3. The van der Waals surface area contributed by atoms with Crippen molar-refractivity contribution in [2.24, 2.45) is 0 Å². The van der Waals surface area contributed by atoms with Crippen LogP contribution in [0.5, 0.6) is 5.75 Å². The summed E-state index contributed by atoms with van der Waals surface area (Å²) in [6.07, 6.45) is 0.502. The van der Waals surface area contributed by atoms with Gasteiger partial charge >= 0.3 is 0 Å². The van der Waals surface area contributed by atoms with Crippen molar-refractivity contribution in [2.75, 3.05) is 18.6 Å². The van der Waals surface area contributed by atoms with Gasteiger partial charge in [0.2, 0.25) is 0 Å². The van der Waals surface area contributed by atoms with Crippen LogP contribution in [0, 0.1) is 0 Å². The molecule has 1 aromatic carbocycles. The standard InChI is InChI=1S/C11H17NO2S/c1-3-9(13)7-15-11-5-4-8(12)6-10(11)14-2/h4-6,9,13H,3,7,12H2,1-2H3. The van der Waals surface area contributed by atoms with E-state index in [-0.39, 0.29) is 6.10 Å². The molecular weight excluding hydrogens is 210 g/mol. The van der Waals surface area contributed by atoms with Gasteiger partial charge in [-0.2, -0.15) is 0 Å². The SMILES string of the molecule is CCC(O)CSc1ccc(N)cc1OC. The van der Waals surface area contributed by atoms with E-state index < -0.39 is 0 Å². The highest BCUT2D eigenvalue weighted by molar-refractivity contribution is 7.99. The van der Waals surface area contributed by atoms with Gasteiger partial charge in [-0.3, -0.25) is 0 Å². The van der Waals surface area contributed by atoms with E-state index in [1.807, 2.05) is 19.1 Å². The van der Waals surface area contributed by atoms with Gasteiger partial charge < -0.3 is 15.6 Å². The minimum atomic E-state index is -0.266. The number of ether oxygens (including phenoxy) is 1. The molecule has 0 saturated carbocycles. The number of aliphatic hydroxyl groups excluding tert-OH is 1. The monoisotopic (exact) mass is 227 g/mol. The van der Waals surface area contributed by atoms with Gasteiger partial charge in [-0.1, -0.05) is 6.92 Å². The van der Waals surface area contributed by atoms with Crippen LogP contribution in [0.25, 0.3) is 0 Å². The Balaban J connectivity index is 2.67. The van der Waals surface area contributed by atoms with Crippen LogP contribution >= 0.6 is 11.8 Å². The van der Waals surface area contributed by atoms with Gasteiger partial charge in [0, 0.05) is 22.4 Å². The van der Waals surface area contributed by atoms with E-state index in [1.165, 1.54) is 0 Å². The van der Waals surface area contributed by atoms with Gasteiger partial charge in [0.05, 0.1) is 13.2 Å². The minimum Gasteiger partial charge on any atom is -0.496 e. The number of anilines is 1. The Morgan fingerprint density at radius 1 is 1.53 bits per heavy atom. The summed E-state index contributed by atoms with van der Waals surface area (Å²) < 4.78 is 5.21. The molecule has 1 atom stereocenters. The van der Waals surface area contributed by atoms with Crippen molar-refractivity contribution in [3.05, 3.63) is 18.2 Å². The molecule has 0 fully saturated rings. The van der Waals surface area contributed by atoms with Crippen LogP contribution in [0.15, 0.2) is 23.1 Å². The van der Waals surface area contributed by atoms with E-state index in [9.17, 15) is 5.11 Å². The van der Waals surface area contributed by atoms with Crippen LogP contribution in [-0.4, -0.2) is 24.1 Å². The van der Waals surface area contributed by atoms with E-state index in [1.54, 1.807) is 24.9 Å². The fourth-order valence-corrected chi connectivity index (χ4v) is 2.16. The van der Waals surface area contributed by atoms with E-state index in [2.05, 4.69) is 0 Å². The van der Waals surface area contributed by atoms with Crippen molar-refractivity contribution in [2.45, 2.75) is 24.3 Å². The van der Waals surface area contributed by atoms with E-state index in [4.69, 9.17) is 10.5 Å². The molecule has 0 aliphatic carbocycles. The van der Waals surface area contributed by atoms with Crippen LogP contribution in [-0.2, 0) is 0 Å². The molecule has 3 nitrogen and oxygen atoms in total. The lowest BCUT2D eigenvalue weighted by molar-refractivity contribution is 0.195. The number of nitrogen functional groups attached to an aromatic ring is 1. The quantitative estimate of drug-likeness (QED) is 0.597. The summed E-state index contributed by atoms with van der Waals surface area (Å²) in [6, 6.07) is 5.55. The molecule has 0 heterocycles. The van der Waals surface area contributed by atoms with Gasteiger partial charge in [-0.05, 0) is 18.6 Å². The maximum atomic E-state index is 9.45. The van der Waals surface area contributed by atoms with Gasteiger partial charge in [-0.15, -0.1) is 11.8 Å². The molecule has 0 radical (unpaired) electrons. The fourth-order valence-electron chi connectivity index (χ4n) is 1.11. The van der Waals surface area contributed by atoms with Crippen molar-refractivity contribution >= 4 is 17.4 Å². The Morgan fingerprint density at radius 3 is 2.87 bits per heavy atom. The molecule has 4 heteroatoms. The minimum absolute atomic E-state index is 0.266. The summed E-state index contributed by atoms with van der Waals surface area (Å²) in [5.41, 5.74) is 6.33. The number of nitrogens with two attached hydrogens (primary N) is 1. The highest BCUT2D eigenvalue weighted by atomic mass is 32.2. The largest absolute Gasteiger partial charge is 0.496 e. The molecule has 0 bridgehead atoms. The first-order chi connectivity index (χ1) is 7.17. The zero-order chi connectivity index (χ0) is 11.3. The smallest absolute Gasteiger partial charge is 0.134 e. The van der Waals surface area contributed by atoms with Crippen LogP contribution in [0.4, 0.5) is 5.69 Å². The summed E-state index contributed by atoms with van der Waals surface area (Å²) in [5.74, 6) is 1.44. The molecule has 1 rings (SSSR count). The number of methoxy groups -OCH3 is 1. The Morgan fingerprint density at radius 2 is 2.27 bits per heavy atom. The average Bonchev–Trinajstić information content (AvgIpc) is 2.26. The summed E-state index contributed by atoms with van der Waals surface area (Å²) in [7, 11) is 1.62. The third kappa shape index (κ3) is 3.64. The van der Waals surface area contributed by atoms with Gasteiger partial charge in [0.1, 0.15) is 5.75 Å². The second-order valence-electron chi connectivity index (χ2n) is 3.28. The molecule has 0 saturated heterocycles. The van der Waals surface area contributed by atoms with Crippen molar-refractivity contribution in [3.63, 3.8) is 0 Å². The summed E-state index contributed by atoms with van der Waals surface area (Å²) in [5, 5.41) is 9.45. The second kappa shape index (κ2) is 5.88. The van der Waals surface area contributed by atoms with Crippen LogP contribution in [0.3, 0.4) is 0 Å². The molecule has 0 aromatic heterocycles. The van der Waals surface area contributed by atoms with Gasteiger partial charge in [-0.25, -0.2) is 0 Å². The molecule has 84 valence electrons. The van der Waals surface area contributed by atoms with Crippen molar-refractivity contribution in [1.29, 1.82) is 0 Å². The highest BCUT2D eigenvalue weighted by Gasteiger charge is 2.07. The number of hydrogen-bond acceptors (Lipinski definition) is 4. The maximum Gasteiger partial charge on any atom is 0.134 e. The number of benzene rings is 1. The number of rotatable bonds is 5. The molecule has 0 amide bonds. The maximum absolute atomic E-state index is 9.45. The fraction of sp³-hybridized carbons (Fsp3) is 0.455. The summed E-state index contributed by atoms with van der Waals surface area (Å²) >= 11 is 1.58. The first-order valence-electron chi connectivity index (χ1n) is 4.91. The summed E-state index contributed by atoms with van der Waals surface area (Å²) in [4.78, 5) is 1.01. The number of aliphatic hydroxyl groups is 1. The van der Waals surface area contributed by atoms with Crippen molar-refractivity contribution < 1.29 is 9.84 Å². The lowest BCUT2D eigenvalue weighted by Gasteiger charge is -2.11. The molecule has 1 unspecified atom stereocenters. The molecule has 15 heavy (non-hydrogen) atoms. The first kappa shape index (κ1) is 12.2. The molecule has 1 aromatic rings. The molecule has 0 aliphatic rings.